The molecule has 0 radical (unpaired) electrons. The van der Waals surface area contributed by atoms with E-state index in [-0.39, 0.29) is 5.91 Å². The van der Waals surface area contributed by atoms with Crippen LogP contribution in [0.5, 0.6) is 11.5 Å². The maximum Gasteiger partial charge on any atom is 0.216 e. The molecule has 0 fully saturated rings. The summed E-state index contributed by atoms with van der Waals surface area (Å²) in [6.45, 7) is 6.52. The summed E-state index contributed by atoms with van der Waals surface area (Å²) in [5.74, 6) is 2.09. The van der Waals surface area contributed by atoms with Crippen LogP contribution in [0.2, 0.25) is 0 Å². The highest BCUT2D eigenvalue weighted by Crippen LogP contribution is 2.35. The van der Waals surface area contributed by atoms with E-state index in [0.717, 1.165) is 34.0 Å². The second kappa shape index (κ2) is 8.16. The van der Waals surface area contributed by atoms with Crippen LogP contribution in [0.25, 0.3) is 16.8 Å². The van der Waals surface area contributed by atoms with Gasteiger partial charge in [0.15, 0.2) is 17.1 Å². The van der Waals surface area contributed by atoms with Gasteiger partial charge < -0.3 is 20.1 Å². The summed E-state index contributed by atoms with van der Waals surface area (Å²) in [7, 11) is 3.23. The summed E-state index contributed by atoms with van der Waals surface area (Å²) < 4.78 is 12.6. The number of amides is 1. The van der Waals surface area contributed by atoms with Gasteiger partial charge in [-0.3, -0.25) is 4.79 Å². The highest BCUT2D eigenvalue weighted by molar-refractivity contribution is 5.82. The van der Waals surface area contributed by atoms with Crippen molar-refractivity contribution in [2.75, 3.05) is 32.6 Å². The van der Waals surface area contributed by atoms with Crippen LogP contribution >= 0.6 is 0 Å². The number of fused-ring (bicyclic) bond motifs is 1. The first-order chi connectivity index (χ1) is 13.4. The average Bonchev–Trinajstić information content (AvgIpc) is 3.00. The summed E-state index contributed by atoms with van der Waals surface area (Å²) in [6.07, 6.45) is 0. The van der Waals surface area contributed by atoms with Gasteiger partial charge in [-0.15, -0.1) is 0 Å². The van der Waals surface area contributed by atoms with Gasteiger partial charge in [-0.05, 0) is 31.5 Å². The summed E-state index contributed by atoms with van der Waals surface area (Å²) in [5, 5.41) is 10.8. The highest BCUT2D eigenvalue weighted by atomic mass is 16.5. The Hall–Kier alpha value is -3.29. The van der Waals surface area contributed by atoms with Crippen LogP contribution < -0.4 is 20.1 Å². The predicted molar refractivity (Wildman–Crippen MR) is 108 cm³/mol. The Morgan fingerprint density at radius 2 is 1.86 bits per heavy atom. The first-order valence-electron chi connectivity index (χ1n) is 9.02. The van der Waals surface area contributed by atoms with Crippen molar-refractivity contribution in [2.24, 2.45) is 0 Å². The zero-order chi connectivity index (χ0) is 20.3. The van der Waals surface area contributed by atoms with E-state index in [9.17, 15) is 4.79 Å². The minimum absolute atomic E-state index is 0.0523. The summed E-state index contributed by atoms with van der Waals surface area (Å²) >= 11 is 0. The molecule has 0 spiro atoms. The number of hydrogen-bond acceptors (Lipinski definition) is 6. The van der Waals surface area contributed by atoms with E-state index in [0.29, 0.717) is 24.6 Å². The number of nitrogens with zero attached hydrogens (tertiary/aromatic N) is 3. The van der Waals surface area contributed by atoms with E-state index < -0.39 is 0 Å². The number of nitrogens with one attached hydrogen (secondary N) is 2. The number of rotatable bonds is 7. The lowest BCUT2D eigenvalue weighted by atomic mass is 10.1. The lowest BCUT2D eigenvalue weighted by molar-refractivity contribution is -0.118. The van der Waals surface area contributed by atoms with Crippen LogP contribution in [-0.2, 0) is 4.79 Å². The average molecular weight is 383 g/mol. The van der Waals surface area contributed by atoms with Crippen molar-refractivity contribution in [1.82, 2.24) is 19.9 Å². The molecule has 0 unspecified atom stereocenters. The molecule has 0 aliphatic rings. The number of ether oxygens (including phenoxy) is 2. The fourth-order valence-electron chi connectivity index (χ4n) is 3.13. The molecule has 0 aliphatic heterocycles. The molecule has 8 nitrogen and oxygen atoms in total. The molecule has 1 amide bonds. The maximum absolute atomic E-state index is 11.0. The van der Waals surface area contributed by atoms with Gasteiger partial charge in [0.25, 0.3) is 0 Å². The zero-order valence-electron chi connectivity index (χ0n) is 16.8. The van der Waals surface area contributed by atoms with Crippen molar-refractivity contribution in [3.63, 3.8) is 0 Å². The summed E-state index contributed by atoms with van der Waals surface area (Å²) in [6, 6.07) is 7.71. The highest BCUT2D eigenvalue weighted by Gasteiger charge is 2.17. The van der Waals surface area contributed by atoms with Gasteiger partial charge in [0.1, 0.15) is 5.82 Å². The third-order valence-corrected chi connectivity index (χ3v) is 4.37. The van der Waals surface area contributed by atoms with Gasteiger partial charge >= 0.3 is 0 Å². The maximum atomic E-state index is 11.0. The molecule has 2 aromatic heterocycles. The lowest BCUT2D eigenvalue weighted by Crippen LogP contribution is -2.26. The Bertz CT molecular complexity index is 1010. The zero-order valence-corrected chi connectivity index (χ0v) is 16.8. The van der Waals surface area contributed by atoms with Crippen molar-refractivity contribution < 1.29 is 14.3 Å². The van der Waals surface area contributed by atoms with Crippen LogP contribution in [0.1, 0.15) is 18.3 Å². The van der Waals surface area contributed by atoms with Crippen molar-refractivity contribution in [3.8, 4) is 22.6 Å². The van der Waals surface area contributed by atoms with E-state index in [1.54, 1.807) is 18.7 Å². The fraction of sp³-hybridized carbons (Fsp3) is 0.350. The van der Waals surface area contributed by atoms with Gasteiger partial charge in [-0.1, -0.05) is 6.07 Å². The molecular weight excluding hydrogens is 358 g/mol. The number of benzene rings is 1. The number of hydrogen-bond donors (Lipinski definition) is 2. The van der Waals surface area contributed by atoms with Crippen LogP contribution in [0.3, 0.4) is 0 Å². The Morgan fingerprint density at radius 1 is 1.11 bits per heavy atom. The molecule has 2 heterocycles. The Kier molecular flexibility index (Phi) is 5.67. The van der Waals surface area contributed by atoms with Crippen molar-refractivity contribution in [3.05, 3.63) is 35.7 Å². The lowest BCUT2D eigenvalue weighted by Gasteiger charge is -2.11. The summed E-state index contributed by atoms with van der Waals surface area (Å²) in [5.41, 5.74) is 4.38. The van der Waals surface area contributed by atoms with Gasteiger partial charge in [0.05, 0.1) is 19.9 Å². The van der Waals surface area contributed by atoms with Crippen molar-refractivity contribution in [2.45, 2.75) is 20.8 Å². The smallest absolute Gasteiger partial charge is 0.216 e. The van der Waals surface area contributed by atoms with Crippen LogP contribution in [0, 0.1) is 13.8 Å². The quantitative estimate of drug-likeness (QED) is 0.610. The normalized spacial score (nSPS) is 10.8. The minimum Gasteiger partial charge on any atom is -0.493 e. The molecular formula is C20H25N5O3. The number of carbonyl (C=O) groups is 1. The van der Waals surface area contributed by atoms with Crippen molar-refractivity contribution >= 4 is 17.4 Å². The molecule has 148 valence electrons. The topological polar surface area (TPSA) is 89.8 Å². The minimum atomic E-state index is -0.0523. The predicted octanol–water partition coefficient (Wildman–Crippen LogP) is 2.58. The van der Waals surface area contributed by atoms with E-state index in [1.807, 2.05) is 38.1 Å². The van der Waals surface area contributed by atoms with E-state index in [4.69, 9.17) is 14.5 Å². The van der Waals surface area contributed by atoms with Crippen LogP contribution in [-0.4, -0.2) is 47.8 Å². The number of aromatic nitrogens is 3. The molecule has 0 aliphatic carbocycles. The molecule has 8 heteroatoms. The Morgan fingerprint density at radius 3 is 2.54 bits per heavy atom. The third kappa shape index (κ3) is 3.85. The molecule has 1 aromatic carbocycles. The molecule has 2 N–H and O–H groups in total. The fourth-order valence-corrected chi connectivity index (χ4v) is 3.13. The van der Waals surface area contributed by atoms with Gasteiger partial charge in [-0.25, -0.2) is 4.98 Å². The Balaban J connectivity index is 2.03. The SMILES string of the molecule is COc1ccc(-c2c(C)nn3c(NCCNC(C)=O)cc(C)nc23)cc1OC. The standard InChI is InChI=1S/C20H25N5O3/c1-12-10-18(22-9-8-21-14(3)26)25-20(23-12)19(13(2)24-25)15-6-7-16(27-4)17(11-15)28-5/h6-7,10-11,22H,8-9H2,1-5H3,(H,21,26). The second-order valence-electron chi connectivity index (χ2n) is 6.46. The monoisotopic (exact) mass is 383 g/mol. The molecule has 0 saturated carbocycles. The van der Waals surface area contributed by atoms with E-state index >= 15 is 0 Å². The summed E-state index contributed by atoms with van der Waals surface area (Å²) in [4.78, 5) is 15.7. The number of methoxy groups -OCH3 is 2. The molecule has 0 saturated heterocycles. The largest absolute Gasteiger partial charge is 0.493 e. The molecule has 28 heavy (non-hydrogen) atoms. The van der Waals surface area contributed by atoms with E-state index in [1.165, 1.54) is 6.92 Å². The molecule has 3 aromatic rings. The van der Waals surface area contributed by atoms with Gasteiger partial charge in [-0.2, -0.15) is 9.61 Å². The first-order valence-corrected chi connectivity index (χ1v) is 9.02. The van der Waals surface area contributed by atoms with Crippen LogP contribution in [0.15, 0.2) is 24.3 Å². The van der Waals surface area contributed by atoms with E-state index in [2.05, 4.69) is 15.7 Å². The molecule has 0 atom stereocenters. The number of aryl methyl sites for hydroxylation is 2. The van der Waals surface area contributed by atoms with Crippen molar-refractivity contribution in [1.29, 1.82) is 0 Å². The van der Waals surface area contributed by atoms with Gasteiger partial charge in [0, 0.05) is 37.3 Å². The second-order valence-corrected chi connectivity index (χ2v) is 6.46. The molecule has 3 rings (SSSR count). The third-order valence-electron chi connectivity index (χ3n) is 4.37. The van der Waals surface area contributed by atoms with Crippen LogP contribution in [0.4, 0.5) is 5.82 Å². The molecule has 0 bridgehead atoms. The number of carbonyl (C=O) groups excluding carboxylic acids is 1. The number of anilines is 1. The first kappa shape index (κ1) is 19.5. The Labute approximate surface area is 163 Å². The van der Waals surface area contributed by atoms with Gasteiger partial charge in [0.2, 0.25) is 5.91 Å².